The van der Waals surface area contributed by atoms with Crippen molar-refractivity contribution >= 4 is 21.5 Å². The molecule has 102 valence electrons. The molecule has 0 aliphatic heterocycles. The van der Waals surface area contributed by atoms with Crippen LogP contribution in [0.4, 0.5) is 0 Å². The number of hydrogen-bond donors (Lipinski definition) is 1. The summed E-state index contributed by atoms with van der Waals surface area (Å²) < 4.78 is 0. The Morgan fingerprint density at radius 1 is 0.429 bits per heavy atom. The average molecular weight is 272 g/mol. The minimum absolute atomic E-state index is 0.322. The van der Waals surface area contributed by atoms with E-state index in [-0.39, 0.29) is 0 Å². The van der Waals surface area contributed by atoms with Gasteiger partial charge >= 0.3 is 0 Å². The quantitative estimate of drug-likeness (QED) is 0.426. The average Bonchev–Trinajstić information content (AvgIpc) is 2.54. The van der Waals surface area contributed by atoms with Gasteiger partial charge in [-0.05, 0) is 45.8 Å². The van der Waals surface area contributed by atoms with Crippen LogP contribution in [0, 0.1) is 0 Å². The first-order valence-electron chi connectivity index (χ1n) is 6.94. The smallest absolute Gasteiger partial charge is 0.115 e. The molecule has 4 aromatic carbocycles. The number of aromatic hydroxyl groups is 1. The van der Waals surface area contributed by atoms with Crippen molar-refractivity contribution in [2.45, 2.75) is 0 Å². The van der Waals surface area contributed by atoms with Gasteiger partial charge in [-0.15, -0.1) is 0 Å². The number of benzene rings is 4. The first kappa shape index (κ1) is 13.2. The molecule has 0 aromatic heterocycles. The van der Waals surface area contributed by atoms with Crippen LogP contribution in [0.25, 0.3) is 21.5 Å². The maximum Gasteiger partial charge on any atom is 0.115 e. The normalized spacial score (nSPS) is 10.1. The van der Waals surface area contributed by atoms with Gasteiger partial charge in [-0.3, -0.25) is 0 Å². The zero-order chi connectivity index (χ0) is 14.5. The van der Waals surface area contributed by atoms with Crippen molar-refractivity contribution in [3.63, 3.8) is 0 Å². The zero-order valence-corrected chi connectivity index (χ0v) is 11.6. The van der Waals surface area contributed by atoms with Gasteiger partial charge in [-0.25, -0.2) is 0 Å². The largest absolute Gasteiger partial charge is 0.508 e. The van der Waals surface area contributed by atoms with Gasteiger partial charge in [0.05, 0.1) is 0 Å². The summed E-state index contributed by atoms with van der Waals surface area (Å²) in [6, 6.07) is 30.1. The molecule has 4 aromatic rings. The lowest BCUT2D eigenvalue weighted by Gasteiger charge is -2.00. The van der Waals surface area contributed by atoms with Crippen molar-refractivity contribution in [2.75, 3.05) is 0 Å². The molecule has 0 heterocycles. The number of phenolic OH excluding ortho intramolecular Hbond substituents is 1. The Morgan fingerprint density at radius 3 is 1.05 bits per heavy atom. The maximum absolute atomic E-state index is 8.63. The van der Waals surface area contributed by atoms with E-state index in [1.807, 2.05) is 6.07 Å². The minimum atomic E-state index is 0.322. The Labute approximate surface area is 124 Å². The van der Waals surface area contributed by atoms with Gasteiger partial charge in [-0.1, -0.05) is 66.7 Å². The van der Waals surface area contributed by atoms with Crippen molar-refractivity contribution in [3.8, 4) is 5.75 Å². The molecular weight excluding hydrogens is 256 g/mol. The van der Waals surface area contributed by atoms with Crippen LogP contribution >= 0.6 is 0 Å². The third kappa shape index (κ3) is 3.21. The van der Waals surface area contributed by atoms with Gasteiger partial charge < -0.3 is 5.11 Å². The van der Waals surface area contributed by atoms with Crippen molar-refractivity contribution in [1.29, 1.82) is 0 Å². The predicted molar refractivity (Wildman–Crippen MR) is 89.6 cm³/mol. The van der Waals surface area contributed by atoms with Crippen LogP contribution in [0.2, 0.25) is 0 Å². The second kappa shape index (κ2) is 6.10. The van der Waals surface area contributed by atoms with Crippen molar-refractivity contribution in [3.05, 3.63) is 91.0 Å². The lowest BCUT2D eigenvalue weighted by molar-refractivity contribution is 0.475. The second-order valence-corrected chi connectivity index (χ2v) is 4.88. The summed E-state index contributed by atoms with van der Waals surface area (Å²) in [6.45, 7) is 0. The highest BCUT2D eigenvalue weighted by molar-refractivity contribution is 5.98. The first-order chi connectivity index (χ1) is 10.3. The SMILES string of the molecule is Oc1ccccc1.c1ccc2cc3ccccc3cc2c1. The van der Waals surface area contributed by atoms with Gasteiger partial charge in [-0.2, -0.15) is 0 Å². The van der Waals surface area contributed by atoms with Crippen LogP contribution < -0.4 is 0 Å². The summed E-state index contributed by atoms with van der Waals surface area (Å²) in [7, 11) is 0. The van der Waals surface area contributed by atoms with E-state index in [0.29, 0.717) is 5.75 Å². The van der Waals surface area contributed by atoms with Crippen molar-refractivity contribution < 1.29 is 5.11 Å². The van der Waals surface area contributed by atoms with E-state index in [4.69, 9.17) is 5.11 Å². The predicted octanol–water partition coefficient (Wildman–Crippen LogP) is 5.39. The van der Waals surface area contributed by atoms with E-state index in [2.05, 4.69) is 60.7 Å². The van der Waals surface area contributed by atoms with Crippen LogP contribution in [0.5, 0.6) is 5.75 Å². The van der Waals surface area contributed by atoms with Crippen molar-refractivity contribution in [1.82, 2.24) is 0 Å². The highest BCUT2D eigenvalue weighted by Crippen LogP contribution is 2.21. The molecule has 0 unspecified atom stereocenters. The molecule has 0 fully saturated rings. The maximum atomic E-state index is 8.63. The summed E-state index contributed by atoms with van der Waals surface area (Å²) >= 11 is 0. The molecule has 1 N–H and O–H groups in total. The summed E-state index contributed by atoms with van der Waals surface area (Å²) in [5.74, 6) is 0.322. The second-order valence-electron chi connectivity index (χ2n) is 4.88. The lowest BCUT2D eigenvalue weighted by Crippen LogP contribution is -1.74. The fourth-order valence-electron chi connectivity index (χ4n) is 2.31. The molecule has 0 atom stereocenters. The van der Waals surface area contributed by atoms with E-state index >= 15 is 0 Å². The van der Waals surface area contributed by atoms with Crippen LogP contribution in [-0.2, 0) is 0 Å². The van der Waals surface area contributed by atoms with Gasteiger partial charge in [0.2, 0.25) is 0 Å². The molecule has 0 aliphatic carbocycles. The van der Waals surface area contributed by atoms with E-state index in [9.17, 15) is 0 Å². The van der Waals surface area contributed by atoms with E-state index < -0.39 is 0 Å². The topological polar surface area (TPSA) is 20.2 Å². The first-order valence-corrected chi connectivity index (χ1v) is 6.94. The molecule has 0 spiro atoms. The molecule has 0 amide bonds. The molecule has 0 saturated heterocycles. The number of fused-ring (bicyclic) bond motifs is 2. The number of rotatable bonds is 0. The molecule has 0 aliphatic rings. The summed E-state index contributed by atoms with van der Waals surface area (Å²) in [5.41, 5.74) is 0. The summed E-state index contributed by atoms with van der Waals surface area (Å²) in [5, 5.41) is 13.9. The molecule has 0 saturated carbocycles. The van der Waals surface area contributed by atoms with Gasteiger partial charge in [0.1, 0.15) is 5.75 Å². The Kier molecular flexibility index (Phi) is 3.83. The molecule has 0 bridgehead atoms. The zero-order valence-electron chi connectivity index (χ0n) is 11.6. The van der Waals surface area contributed by atoms with E-state index in [1.54, 1.807) is 24.3 Å². The summed E-state index contributed by atoms with van der Waals surface area (Å²) in [4.78, 5) is 0. The van der Waals surface area contributed by atoms with Gasteiger partial charge in [0, 0.05) is 0 Å². The van der Waals surface area contributed by atoms with E-state index in [1.165, 1.54) is 21.5 Å². The molecule has 1 nitrogen and oxygen atoms in total. The Balaban J connectivity index is 0.000000160. The number of phenols is 1. The molecule has 0 radical (unpaired) electrons. The number of hydrogen-bond acceptors (Lipinski definition) is 1. The lowest BCUT2D eigenvalue weighted by atomic mass is 10.0. The number of para-hydroxylation sites is 1. The highest BCUT2D eigenvalue weighted by Gasteiger charge is 1.95. The fraction of sp³-hybridized carbons (Fsp3) is 0. The van der Waals surface area contributed by atoms with Crippen LogP contribution in [0.15, 0.2) is 91.0 Å². The third-order valence-electron chi connectivity index (χ3n) is 3.37. The van der Waals surface area contributed by atoms with Crippen LogP contribution in [0.3, 0.4) is 0 Å². The van der Waals surface area contributed by atoms with Crippen LogP contribution in [0.1, 0.15) is 0 Å². The molecular formula is C20H16O. The minimum Gasteiger partial charge on any atom is -0.508 e. The summed E-state index contributed by atoms with van der Waals surface area (Å²) in [6.07, 6.45) is 0. The Hall–Kier alpha value is -2.80. The Bertz CT molecular complexity index is 746. The third-order valence-corrected chi connectivity index (χ3v) is 3.37. The van der Waals surface area contributed by atoms with Gasteiger partial charge in [0.25, 0.3) is 0 Å². The molecule has 4 rings (SSSR count). The Morgan fingerprint density at radius 2 is 0.762 bits per heavy atom. The monoisotopic (exact) mass is 272 g/mol. The van der Waals surface area contributed by atoms with Crippen LogP contribution in [-0.4, -0.2) is 5.11 Å². The molecule has 1 heteroatoms. The van der Waals surface area contributed by atoms with E-state index in [0.717, 1.165) is 0 Å². The van der Waals surface area contributed by atoms with Gasteiger partial charge in [0.15, 0.2) is 0 Å². The highest BCUT2D eigenvalue weighted by atomic mass is 16.3. The standard InChI is InChI=1S/C14H10.C6H6O/c1-2-6-12-10-14-8-4-3-7-13(14)9-11(12)5-1;7-6-4-2-1-3-5-6/h1-10H;1-5,7H. The van der Waals surface area contributed by atoms with Crippen molar-refractivity contribution in [2.24, 2.45) is 0 Å². The fourth-order valence-corrected chi connectivity index (χ4v) is 2.31. The molecule has 21 heavy (non-hydrogen) atoms.